The standard InChI is InChI=1S/C30H33F2N7O3/c1-3-21(41)5-9-26(18(2)40)39-17-24-22(29(39)42)6-7-23(27(24)32)25-8-4-19(28(33)36-25)16-37-10-12-38(13-11-37)30-34-14-20(31)15-35-30/h4,6-8,14-15,26H,3,5,9-13,16-17H2,1-2H3,(H2,33,36). The number of carbonyl (C=O) groups is 3. The smallest absolute Gasteiger partial charge is 0.255 e. The Kier molecular flexibility index (Phi) is 8.53. The van der Waals surface area contributed by atoms with Crippen molar-refractivity contribution < 1.29 is 23.2 Å². The van der Waals surface area contributed by atoms with Gasteiger partial charge in [0.15, 0.2) is 11.6 Å². The minimum atomic E-state index is -0.790. The first kappa shape index (κ1) is 29.2. The predicted octanol–water partition coefficient (Wildman–Crippen LogP) is 3.39. The number of rotatable bonds is 10. The van der Waals surface area contributed by atoms with Crippen LogP contribution >= 0.6 is 0 Å². The van der Waals surface area contributed by atoms with Gasteiger partial charge < -0.3 is 15.5 Å². The maximum atomic E-state index is 15.8. The SMILES string of the molecule is CCC(=O)CCC(C(C)=O)N1Cc2c(ccc(-c3ccc(CN4CCN(c5ncc(F)cn5)CC4)c(N)n3)c2F)C1=O. The molecule has 5 rings (SSSR count). The van der Waals surface area contributed by atoms with E-state index in [1.54, 1.807) is 19.1 Å². The molecule has 10 nitrogen and oxygen atoms in total. The van der Waals surface area contributed by atoms with Crippen molar-refractivity contribution >= 4 is 29.2 Å². The van der Waals surface area contributed by atoms with E-state index in [0.29, 0.717) is 37.7 Å². The van der Waals surface area contributed by atoms with Gasteiger partial charge in [-0.2, -0.15) is 0 Å². The first-order chi connectivity index (χ1) is 20.2. The van der Waals surface area contributed by atoms with Crippen LogP contribution in [-0.2, 0) is 22.7 Å². The van der Waals surface area contributed by atoms with Crippen molar-refractivity contribution in [2.45, 2.75) is 52.2 Å². The molecule has 0 spiro atoms. The number of Topliss-reactive ketones (excluding diaryl/α,β-unsaturated/α-hetero) is 2. The van der Waals surface area contributed by atoms with Gasteiger partial charge in [0.25, 0.3) is 5.91 Å². The van der Waals surface area contributed by atoms with E-state index in [-0.39, 0.29) is 53.5 Å². The number of carbonyl (C=O) groups excluding carboxylic acids is 3. The van der Waals surface area contributed by atoms with E-state index in [9.17, 15) is 18.8 Å². The van der Waals surface area contributed by atoms with E-state index in [0.717, 1.165) is 31.0 Å². The number of anilines is 2. The zero-order valence-corrected chi connectivity index (χ0v) is 23.6. The Bertz CT molecular complexity index is 1510. The summed E-state index contributed by atoms with van der Waals surface area (Å²) in [6, 6.07) is 5.81. The molecule has 0 aliphatic carbocycles. The topological polar surface area (TPSA) is 126 Å². The monoisotopic (exact) mass is 577 g/mol. The van der Waals surface area contributed by atoms with E-state index < -0.39 is 23.6 Å². The van der Waals surface area contributed by atoms with Crippen LogP contribution < -0.4 is 10.6 Å². The van der Waals surface area contributed by atoms with Crippen molar-refractivity contribution in [1.29, 1.82) is 0 Å². The van der Waals surface area contributed by atoms with Gasteiger partial charge in [-0.25, -0.2) is 23.7 Å². The van der Waals surface area contributed by atoms with E-state index in [2.05, 4.69) is 19.9 Å². The summed E-state index contributed by atoms with van der Waals surface area (Å²) >= 11 is 0. The molecule has 1 unspecified atom stereocenters. The molecule has 1 saturated heterocycles. The third-order valence-corrected chi connectivity index (χ3v) is 7.94. The van der Waals surface area contributed by atoms with Crippen molar-refractivity contribution in [3.8, 4) is 11.3 Å². The maximum Gasteiger partial charge on any atom is 0.255 e. The lowest BCUT2D eigenvalue weighted by Gasteiger charge is -2.34. The van der Waals surface area contributed by atoms with Gasteiger partial charge in [0, 0.05) is 67.8 Å². The molecule has 1 atom stereocenters. The molecular formula is C30H33F2N7O3. The van der Waals surface area contributed by atoms with Gasteiger partial charge in [-0.15, -0.1) is 0 Å². The summed E-state index contributed by atoms with van der Waals surface area (Å²) in [4.78, 5) is 55.4. The largest absolute Gasteiger partial charge is 0.383 e. The highest BCUT2D eigenvalue weighted by Crippen LogP contribution is 2.34. The number of piperazine rings is 1. The molecule has 4 heterocycles. The number of pyridine rings is 1. The Morgan fingerprint density at radius 3 is 2.36 bits per heavy atom. The summed E-state index contributed by atoms with van der Waals surface area (Å²) in [6.45, 7) is 6.42. The molecule has 42 heavy (non-hydrogen) atoms. The van der Waals surface area contributed by atoms with E-state index in [1.165, 1.54) is 17.9 Å². The molecule has 2 aromatic heterocycles. The highest BCUT2D eigenvalue weighted by Gasteiger charge is 2.37. The van der Waals surface area contributed by atoms with E-state index in [1.807, 2.05) is 11.0 Å². The molecule has 1 fully saturated rings. The zero-order valence-electron chi connectivity index (χ0n) is 23.6. The highest BCUT2D eigenvalue weighted by atomic mass is 19.1. The molecule has 0 bridgehead atoms. The molecular weight excluding hydrogens is 544 g/mol. The fourth-order valence-electron chi connectivity index (χ4n) is 5.48. The predicted molar refractivity (Wildman–Crippen MR) is 152 cm³/mol. The molecule has 1 amide bonds. The molecule has 2 aliphatic rings. The highest BCUT2D eigenvalue weighted by molar-refractivity contribution is 6.01. The molecule has 1 aromatic carbocycles. The molecule has 2 aliphatic heterocycles. The zero-order chi connectivity index (χ0) is 30.0. The fourth-order valence-corrected chi connectivity index (χ4v) is 5.48. The van der Waals surface area contributed by atoms with Gasteiger partial charge in [0.1, 0.15) is 17.4 Å². The minimum absolute atomic E-state index is 0.00726. The quantitative estimate of drug-likeness (QED) is 0.386. The van der Waals surface area contributed by atoms with Crippen LogP contribution in [0.4, 0.5) is 20.5 Å². The number of hydrogen-bond acceptors (Lipinski definition) is 9. The summed E-state index contributed by atoms with van der Waals surface area (Å²) < 4.78 is 28.9. The van der Waals surface area contributed by atoms with Crippen LogP contribution in [0.2, 0.25) is 0 Å². The van der Waals surface area contributed by atoms with Crippen LogP contribution in [0, 0.1) is 11.6 Å². The number of halogens is 2. The lowest BCUT2D eigenvalue weighted by Crippen LogP contribution is -2.46. The van der Waals surface area contributed by atoms with Crippen molar-refractivity contribution in [3.63, 3.8) is 0 Å². The third kappa shape index (κ3) is 5.98. The number of fused-ring (bicyclic) bond motifs is 1. The van der Waals surface area contributed by atoms with Crippen molar-refractivity contribution in [3.05, 3.63) is 65.0 Å². The van der Waals surface area contributed by atoms with Crippen molar-refractivity contribution in [2.24, 2.45) is 0 Å². The van der Waals surface area contributed by atoms with Crippen LogP contribution in [-0.4, -0.2) is 74.4 Å². The number of amides is 1. The summed E-state index contributed by atoms with van der Waals surface area (Å²) in [5.41, 5.74) is 8.09. The van der Waals surface area contributed by atoms with Crippen LogP contribution in [0.5, 0.6) is 0 Å². The second kappa shape index (κ2) is 12.3. The van der Waals surface area contributed by atoms with Gasteiger partial charge >= 0.3 is 0 Å². The van der Waals surface area contributed by atoms with Crippen LogP contribution in [0.3, 0.4) is 0 Å². The van der Waals surface area contributed by atoms with Gasteiger partial charge in [0.05, 0.1) is 30.7 Å². The Hall–Kier alpha value is -4.32. The van der Waals surface area contributed by atoms with Crippen LogP contribution in [0.25, 0.3) is 11.3 Å². The number of aromatic nitrogens is 3. The Morgan fingerprint density at radius 1 is 1.02 bits per heavy atom. The first-order valence-electron chi connectivity index (χ1n) is 14.0. The Labute approximate surface area is 242 Å². The number of benzene rings is 1. The third-order valence-electron chi connectivity index (χ3n) is 7.94. The molecule has 220 valence electrons. The van der Waals surface area contributed by atoms with Crippen molar-refractivity contribution in [1.82, 2.24) is 24.8 Å². The van der Waals surface area contributed by atoms with E-state index >= 15 is 4.39 Å². The normalized spacial score (nSPS) is 16.0. The molecule has 0 radical (unpaired) electrons. The summed E-state index contributed by atoms with van der Waals surface area (Å²) in [5, 5.41) is 0. The summed E-state index contributed by atoms with van der Waals surface area (Å²) in [5.74, 6) is -0.929. The van der Waals surface area contributed by atoms with Crippen LogP contribution in [0.15, 0.2) is 36.7 Å². The first-order valence-corrected chi connectivity index (χ1v) is 14.0. The average Bonchev–Trinajstić information content (AvgIpc) is 3.31. The van der Waals surface area contributed by atoms with Crippen molar-refractivity contribution in [2.75, 3.05) is 36.8 Å². The summed E-state index contributed by atoms with van der Waals surface area (Å²) in [7, 11) is 0. The Balaban J connectivity index is 1.27. The molecule has 0 saturated carbocycles. The minimum Gasteiger partial charge on any atom is -0.383 e. The average molecular weight is 578 g/mol. The van der Waals surface area contributed by atoms with Gasteiger partial charge in [0.2, 0.25) is 5.95 Å². The lowest BCUT2D eigenvalue weighted by molar-refractivity contribution is -0.122. The molecule has 2 N–H and O–H groups in total. The molecule has 12 heteroatoms. The second-order valence-electron chi connectivity index (χ2n) is 10.6. The van der Waals surface area contributed by atoms with E-state index in [4.69, 9.17) is 5.73 Å². The number of ketones is 2. The fraction of sp³-hybridized carbons (Fsp3) is 0.400. The van der Waals surface area contributed by atoms with Crippen LogP contribution in [0.1, 0.15) is 54.6 Å². The van der Waals surface area contributed by atoms with Gasteiger partial charge in [-0.1, -0.05) is 13.0 Å². The number of hydrogen-bond donors (Lipinski definition) is 1. The number of nitrogen functional groups attached to an aromatic ring is 1. The maximum absolute atomic E-state index is 15.8. The number of nitrogens with two attached hydrogens (primary N) is 1. The second-order valence-corrected chi connectivity index (χ2v) is 10.6. The number of nitrogens with zero attached hydrogens (tertiary/aromatic N) is 6. The van der Waals surface area contributed by atoms with Gasteiger partial charge in [-0.3, -0.25) is 19.3 Å². The summed E-state index contributed by atoms with van der Waals surface area (Å²) in [6.07, 6.45) is 3.06. The lowest BCUT2D eigenvalue weighted by atomic mass is 10.0. The molecule has 3 aromatic rings. The Morgan fingerprint density at radius 2 is 1.71 bits per heavy atom. The van der Waals surface area contributed by atoms with Gasteiger partial charge in [-0.05, 0) is 31.5 Å².